The van der Waals surface area contributed by atoms with E-state index in [2.05, 4.69) is 41.6 Å². The summed E-state index contributed by atoms with van der Waals surface area (Å²) >= 11 is 0. The van der Waals surface area contributed by atoms with Crippen molar-refractivity contribution in [3.8, 4) is 0 Å². The van der Waals surface area contributed by atoms with Crippen LogP contribution in [-0.2, 0) is 13.6 Å². The molecule has 1 fully saturated rings. The summed E-state index contributed by atoms with van der Waals surface area (Å²) in [5, 5.41) is 8.79. The van der Waals surface area contributed by atoms with Gasteiger partial charge >= 0.3 is 0 Å². The van der Waals surface area contributed by atoms with Gasteiger partial charge in [-0.15, -0.1) is 10.2 Å². The first-order valence-electron chi connectivity index (χ1n) is 7.70. The van der Waals surface area contributed by atoms with E-state index in [-0.39, 0.29) is 0 Å². The minimum absolute atomic E-state index is 0.381. The van der Waals surface area contributed by atoms with Crippen molar-refractivity contribution in [3.05, 3.63) is 30.1 Å². The molecule has 2 aromatic heterocycles. The van der Waals surface area contributed by atoms with Crippen LogP contribution in [0, 0.1) is 0 Å². The lowest BCUT2D eigenvalue weighted by Gasteiger charge is -2.32. The average molecular weight is 301 g/mol. The predicted octanol–water partition coefficient (Wildman–Crippen LogP) is 1.05. The number of piperidine rings is 1. The maximum Gasteiger partial charge on any atom is 0.225 e. The molecule has 0 spiro atoms. The third-order valence-corrected chi connectivity index (χ3v) is 4.08. The van der Waals surface area contributed by atoms with Gasteiger partial charge < -0.3 is 14.4 Å². The molecule has 0 amide bonds. The van der Waals surface area contributed by atoms with Crippen molar-refractivity contribution in [1.29, 1.82) is 0 Å². The largest absolute Gasteiger partial charge is 0.340 e. The zero-order valence-electron chi connectivity index (χ0n) is 13.5. The van der Waals surface area contributed by atoms with Crippen LogP contribution in [0.25, 0.3) is 0 Å². The number of hydrogen-bond donors (Lipinski definition) is 0. The minimum Gasteiger partial charge on any atom is -0.340 e. The summed E-state index contributed by atoms with van der Waals surface area (Å²) in [5.41, 5.74) is 0. The van der Waals surface area contributed by atoms with Gasteiger partial charge in [0.1, 0.15) is 11.6 Å². The van der Waals surface area contributed by atoms with E-state index in [4.69, 9.17) is 0 Å². The predicted molar refractivity (Wildman–Crippen MR) is 84.6 cm³/mol. The van der Waals surface area contributed by atoms with E-state index in [0.717, 1.165) is 50.1 Å². The third kappa shape index (κ3) is 3.09. The first-order valence-corrected chi connectivity index (χ1v) is 7.70. The van der Waals surface area contributed by atoms with Crippen LogP contribution < -0.4 is 4.90 Å². The van der Waals surface area contributed by atoms with Gasteiger partial charge in [-0.25, -0.2) is 9.97 Å². The Labute approximate surface area is 131 Å². The fourth-order valence-electron chi connectivity index (χ4n) is 2.98. The monoisotopic (exact) mass is 301 g/mol. The number of aromatic nitrogens is 5. The van der Waals surface area contributed by atoms with Gasteiger partial charge in [0.05, 0.1) is 6.54 Å². The summed E-state index contributed by atoms with van der Waals surface area (Å²) in [6, 6.07) is 1.85. The maximum absolute atomic E-state index is 4.44. The molecule has 22 heavy (non-hydrogen) atoms. The molecule has 1 saturated heterocycles. The molecule has 0 saturated carbocycles. The molecule has 0 radical (unpaired) electrons. The van der Waals surface area contributed by atoms with E-state index in [1.54, 1.807) is 12.4 Å². The van der Waals surface area contributed by atoms with Crippen LogP contribution in [0.1, 0.15) is 30.4 Å². The van der Waals surface area contributed by atoms with Crippen molar-refractivity contribution >= 4 is 5.95 Å². The molecule has 1 atom stereocenters. The van der Waals surface area contributed by atoms with Crippen molar-refractivity contribution in [3.63, 3.8) is 0 Å². The van der Waals surface area contributed by atoms with Crippen molar-refractivity contribution in [2.75, 3.05) is 32.1 Å². The van der Waals surface area contributed by atoms with Crippen molar-refractivity contribution in [1.82, 2.24) is 29.6 Å². The fraction of sp³-hybridized carbons (Fsp3) is 0.600. The molecule has 0 aliphatic carbocycles. The number of rotatable bonds is 4. The number of anilines is 1. The second-order valence-corrected chi connectivity index (χ2v) is 6.11. The first kappa shape index (κ1) is 14.9. The van der Waals surface area contributed by atoms with Crippen LogP contribution in [-0.4, -0.2) is 56.8 Å². The second kappa shape index (κ2) is 6.39. The van der Waals surface area contributed by atoms with Gasteiger partial charge in [-0.1, -0.05) is 0 Å². The molecule has 3 heterocycles. The van der Waals surface area contributed by atoms with Crippen molar-refractivity contribution in [2.45, 2.75) is 25.3 Å². The first-order chi connectivity index (χ1) is 10.6. The highest BCUT2D eigenvalue weighted by molar-refractivity contribution is 5.30. The van der Waals surface area contributed by atoms with E-state index < -0.39 is 0 Å². The lowest BCUT2D eigenvalue weighted by molar-refractivity contribution is 0.382. The smallest absolute Gasteiger partial charge is 0.225 e. The van der Waals surface area contributed by atoms with Gasteiger partial charge in [-0.05, 0) is 33.0 Å². The molecule has 7 nitrogen and oxygen atoms in total. The SMILES string of the molecule is CN(C)Cc1nnc([C@H]2CCCN(c3ncccn3)C2)n1C. The van der Waals surface area contributed by atoms with Crippen molar-refractivity contribution in [2.24, 2.45) is 7.05 Å². The Morgan fingerprint density at radius 2 is 2.00 bits per heavy atom. The number of nitrogens with zero attached hydrogens (tertiary/aromatic N) is 7. The molecule has 3 rings (SSSR count). The normalized spacial score (nSPS) is 18.9. The molecule has 118 valence electrons. The fourth-order valence-corrected chi connectivity index (χ4v) is 2.98. The van der Waals surface area contributed by atoms with E-state index in [0.29, 0.717) is 5.92 Å². The van der Waals surface area contributed by atoms with Crippen LogP contribution in [0.4, 0.5) is 5.95 Å². The Bertz CT molecular complexity index is 608. The maximum atomic E-state index is 4.44. The summed E-state index contributed by atoms with van der Waals surface area (Å²) in [7, 11) is 6.15. The highest BCUT2D eigenvalue weighted by Crippen LogP contribution is 2.27. The van der Waals surface area contributed by atoms with Crippen molar-refractivity contribution < 1.29 is 0 Å². The summed E-state index contributed by atoms with van der Waals surface area (Å²) < 4.78 is 2.14. The molecule has 1 aliphatic rings. The van der Waals surface area contributed by atoms with E-state index >= 15 is 0 Å². The highest BCUT2D eigenvalue weighted by atomic mass is 15.3. The second-order valence-electron chi connectivity index (χ2n) is 6.11. The van der Waals surface area contributed by atoms with Gasteiger partial charge in [0.25, 0.3) is 0 Å². The summed E-state index contributed by atoms with van der Waals surface area (Å²) in [5.74, 6) is 3.26. The zero-order chi connectivity index (χ0) is 15.5. The Balaban J connectivity index is 1.76. The molecule has 0 bridgehead atoms. The standard InChI is InChI=1S/C15H23N7/c1-20(2)11-13-18-19-14(21(13)3)12-6-4-9-22(10-12)15-16-7-5-8-17-15/h5,7-8,12H,4,6,9-11H2,1-3H3/t12-/m0/s1. The van der Waals surface area contributed by atoms with Gasteiger partial charge in [0.15, 0.2) is 0 Å². The molecular formula is C15H23N7. The lowest BCUT2D eigenvalue weighted by Crippen LogP contribution is -2.36. The Kier molecular flexibility index (Phi) is 4.33. The topological polar surface area (TPSA) is 63.0 Å². The third-order valence-electron chi connectivity index (χ3n) is 4.08. The highest BCUT2D eigenvalue weighted by Gasteiger charge is 2.27. The van der Waals surface area contributed by atoms with Gasteiger partial charge in [0, 0.05) is 38.4 Å². The van der Waals surface area contributed by atoms with Crippen LogP contribution >= 0.6 is 0 Å². The van der Waals surface area contributed by atoms with E-state index in [9.17, 15) is 0 Å². The van der Waals surface area contributed by atoms with Crippen LogP contribution in [0.2, 0.25) is 0 Å². The van der Waals surface area contributed by atoms with Crippen LogP contribution in [0.5, 0.6) is 0 Å². The molecule has 1 aliphatic heterocycles. The van der Waals surface area contributed by atoms with Gasteiger partial charge in [0.2, 0.25) is 5.95 Å². The molecule has 0 unspecified atom stereocenters. The molecule has 0 aromatic carbocycles. The van der Waals surface area contributed by atoms with Crippen LogP contribution in [0.15, 0.2) is 18.5 Å². The molecule has 2 aromatic rings. The molecule has 0 N–H and O–H groups in total. The van der Waals surface area contributed by atoms with Gasteiger partial charge in [-0.2, -0.15) is 0 Å². The molecular weight excluding hydrogens is 278 g/mol. The summed E-state index contributed by atoms with van der Waals surface area (Å²) in [6.07, 6.45) is 5.85. The Morgan fingerprint density at radius 3 is 2.73 bits per heavy atom. The minimum atomic E-state index is 0.381. The quantitative estimate of drug-likeness (QED) is 0.841. The summed E-state index contributed by atoms with van der Waals surface area (Å²) in [6.45, 7) is 2.71. The zero-order valence-corrected chi connectivity index (χ0v) is 13.5. The van der Waals surface area contributed by atoms with Gasteiger partial charge in [-0.3, -0.25) is 0 Å². The Hall–Kier alpha value is -2.02. The lowest BCUT2D eigenvalue weighted by atomic mass is 9.97. The van der Waals surface area contributed by atoms with E-state index in [1.165, 1.54) is 0 Å². The Morgan fingerprint density at radius 1 is 1.23 bits per heavy atom. The van der Waals surface area contributed by atoms with E-state index in [1.807, 2.05) is 20.2 Å². The average Bonchev–Trinajstić information content (AvgIpc) is 2.89. The number of hydrogen-bond acceptors (Lipinski definition) is 6. The summed E-state index contributed by atoms with van der Waals surface area (Å²) in [4.78, 5) is 13.1. The molecule has 7 heteroatoms. The van der Waals surface area contributed by atoms with Crippen LogP contribution in [0.3, 0.4) is 0 Å².